The Hall–Kier alpha value is -2.02. The van der Waals surface area contributed by atoms with Gasteiger partial charge < -0.3 is 4.98 Å². The molecule has 0 saturated carbocycles. The number of amides is 1. The molecule has 0 saturated heterocycles. The highest BCUT2D eigenvalue weighted by atomic mass is 32.1. The Morgan fingerprint density at radius 1 is 1.53 bits per heavy atom. The first-order valence-electron chi connectivity index (χ1n) is 4.02. The van der Waals surface area contributed by atoms with Crippen LogP contribution < -0.4 is 10.9 Å². The Morgan fingerprint density at radius 3 is 3.07 bits per heavy atom. The van der Waals surface area contributed by atoms with Crippen LogP contribution >= 0.6 is 11.3 Å². The van der Waals surface area contributed by atoms with E-state index < -0.39 is 0 Å². The maximum absolute atomic E-state index is 11.5. The third kappa shape index (κ3) is 2.26. The van der Waals surface area contributed by atoms with E-state index in [-0.39, 0.29) is 17.0 Å². The van der Waals surface area contributed by atoms with Crippen LogP contribution in [0, 0.1) is 0 Å². The molecule has 2 rings (SSSR count). The maximum Gasteiger partial charge on any atom is 0.257 e. The molecule has 76 valence electrons. The van der Waals surface area contributed by atoms with Crippen LogP contribution in [0.2, 0.25) is 0 Å². The molecule has 0 bridgehead atoms. The molecule has 0 spiro atoms. The smallest absolute Gasteiger partial charge is 0.257 e. The van der Waals surface area contributed by atoms with Gasteiger partial charge in [0.05, 0.1) is 0 Å². The van der Waals surface area contributed by atoms with E-state index in [4.69, 9.17) is 0 Å². The van der Waals surface area contributed by atoms with Crippen molar-refractivity contribution in [1.82, 2.24) is 15.2 Å². The predicted molar refractivity (Wildman–Crippen MR) is 54.9 cm³/mol. The number of rotatable bonds is 2. The highest BCUT2D eigenvalue weighted by Gasteiger charge is 2.07. The monoisotopic (exact) mass is 222 g/mol. The van der Waals surface area contributed by atoms with Crippen LogP contribution in [0.3, 0.4) is 0 Å². The van der Waals surface area contributed by atoms with Gasteiger partial charge in [-0.05, 0) is 6.07 Å². The summed E-state index contributed by atoms with van der Waals surface area (Å²) in [5.74, 6) is -0.377. The summed E-state index contributed by atoms with van der Waals surface area (Å²) in [6, 6.07) is 2.73. The van der Waals surface area contributed by atoms with Crippen molar-refractivity contribution in [1.29, 1.82) is 0 Å². The van der Waals surface area contributed by atoms with Crippen molar-refractivity contribution in [2.45, 2.75) is 0 Å². The van der Waals surface area contributed by atoms with E-state index >= 15 is 0 Å². The zero-order valence-electron chi connectivity index (χ0n) is 7.43. The van der Waals surface area contributed by atoms with E-state index in [0.29, 0.717) is 5.13 Å². The number of anilines is 1. The lowest BCUT2D eigenvalue weighted by Gasteiger charge is -1.99. The number of hydrogen-bond acceptors (Lipinski definition) is 5. The second-order valence-electron chi connectivity index (χ2n) is 2.64. The average molecular weight is 222 g/mol. The normalized spacial score (nSPS) is 9.87. The molecule has 2 aromatic rings. The zero-order chi connectivity index (χ0) is 10.7. The zero-order valence-corrected chi connectivity index (χ0v) is 8.25. The predicted octanol–water partition coefficient (Wildman–Crippen LogP) is 0.479. The van der Waals surface area contributed by atoms with Gasteiger partial charge in [0.15, 0.2) is 0 Å². The van der Waals surface area contributed by atoms with Gasteiger partial charge in [0.1, 0.15) is 5.51 Å². The van der Waals surface area contributed by atoms with Crippen LogP contribution in [-0.2, 0) is 0 Å². The fourth-order valence-corrected chi connectivity index (χ4v) is 1.42. The van der Waals surface area contributed by atoms with Crippen molar-refractivity contribution in [2.24, 2.45) is 0 Å². The van der Waals surface area contributed by atoms with Gasteiger partial charge in [-0.1, -0.05) is 11.3 Å². The fourth-order valence-electron chi connectivity index (χ4n) is 0.983. The van der Waals surface area contributed by atoms with Crippen molar-refractivity contribution in [3.63, 3.8) is 0 Å². The number of carbonyl (C=O) groups is 1. The number of pyridine rings is 1. The molecule has 0 fully saturated rings. The molecule has 7 heteroatoms. The summed E-state index contributed by atoms with van der Waals surface area (Å²) >= 11 is 1.21. The van der Waals surface area contributed by atoms with Gasteiger partial charge in [0, 0.05) is 17.8 Å². The number of H-pyrrole nitrogens is 1. The average Bonchev–Trinajstić information content (AvgIpc) is 2.70. The molecule has 0 aliphatic heterocycles. The minimum absolute atomic E-state index is 0.286. The van der Waals surface area contributed by atoms with Crippen LogP contribution in [0.4, 0.5) is 5.13 Å². The molecule has 15 heavy (non-hydrogen) atoms. The topological polar surface area (TPSA) is 87.7 Å². The van der Waals surface area contributed by atoms with E-state index in [0.717, 1.165) is 0 Å². The molecule has 2 N–H and O–H groups in total. The lowest BCUT2D eigenvalue weighted by molar-refractivity contribution is 0.102. The van der Waals surface area contributed by atoms with Gasteiger partial charge in [-0.3, -0.25) is 14.9 Å². The molecular formula is C8H6N4O2S. The highest BCUT2D eigenvalue weighted by Crippen LogP contribution is 2.09. The molecule has 2 aromatic heterocycles. The number of carbonyl (C=O) groups excluding carboxylic acids is 1. The van der Waals surface area contributed by atoms with E-state index in [1.807, 2.05) is 0 Å². The summed E-state index contributed by atoms with van der Waals surface area (Å²) in [4.78, 5) is 24.9. The molecule has 6 nitrogen and oxygen atoms in total. The van der Waals surface area contributed by atoms with Gasteiger partial charge in [0.2, 0.25) is 10.7 Å². The van der Waals surface area contributed by atoms with Gasteiger partial charge in [-0.25, -0.2) is 0 Å². The third-order valence-corrected chi connectivity index (χ3v) is 2.22. The first kappa shape index (κ1) is 9.53. The minimum Gasteiger partial charge on any atom is -0.329 e. The molecule has 0 aliphatic carbocycles. The number of aromatic amines is 1. The van der Waals surface area contributed by atoms with Gasteiger partial charge in [-0.2, -0.15) is 0 Å². The van der Waals surface area contributed by atoms with Crippen molar-refractivity contribution in [3.05, 3.63) is 39.8 Å². The standard InChI is InChI=1S/C8H6N4O2S/c13-6-3-5(1-2-9-6)7(14)11-8-12-10-4-15-8/h1-4H,(H,9,13)(H,11,12,14). The number of nitrogens with one attached hydrogen (secondary N) is 2. The minimum atomic E-state index is -0.377. The maximum atomic E-state index is 11.5. The van der Waals surface area contributed by atoms with Gasteiger partial charge >= 0.3 is 0 Å². The molecular weight excluding hydrogens is 216 g/mol. The second-order valence-corrected chi connectivity index (χ2v) is 3.47. The first-order valence-corrected chi connectivity index (χ1v) is 4.90. The lowest BCUT2D eigenvalue weighted by atomic mass is 10.2. The Morgan fingerprint density at radius 2 is 2.40 bits per heavy atom. The third-order valence-electron chi connectivity index (χ3n) is 1.62. The summed E-state index contributed by atoms with van der Waals surface area (Å²) in [5, 5.41) is 10.1. The van der Waals surface area contributed by atoms with Crippen molar-refractivity contribution >= 4 is 22.4 Å². The van der Waals surface area contributed by atoms with Crippen molar-refractivity contribution < 1.29 is 4.79 Å². The Labute approximate surface area is 88.0 Å². The van der Waals surface area contributed by atoms with Crippen LogP contribution in [0.15, 0.2) is 28.6 Å². The van der Waals surface area contributed by atoms with Crippen LogP contribution in [0.25, 0.3) is 0 Å². The van der Waals surface area contributed by atoms with Gasteiger partial charge in [-0.15, -0.1) is 10.2 Å². The largest absolute Gasteiger partial charge is 0.329 e. The fraction of sp³-hybridized carbons (Fsp3) is 0. The van der Waals surface area contributed by atoms with Crippen LogP contribution in [0.1, 0.15) is 10.4 Å². The second kappa shape index (κ2) is 4.01. The summed E-state index contributed by atoms with van der Waals surface area (Å²) in [6.45, 7) is 0. The van der Waals surface area contributed by atoms with Gasteiger partial charge in [0.25, 0.3) is 5.91 Å². The Balaban J connectivity index is 2.18. The molecule has 2 heterocycles. The lowest BCUT2D eigenvalue weighted by Crippen LogP contribution is -2.15. The SMILES string of the molecule is O=C(Nc1nncs1)c1cc[nH]c(=O)c1. The van der Waals surface area contributed by atoms with E-state index in [1.165, 1.54) is 35.2 Å². The molecule has 0 unspecified atom stereocenters. The van der Waals surface area contributed by atoms with E-state index in [9.17, 15) is 9.59 Å². The summed E-state index contributed by atoms with van der Waals surface area (Å²) < 4.78 is 0. The molecule has 0 atom stereocenters. The summed E-state index contributed by atoms with van der Waals surface area (Å²) in [6.07, 6.45) is 1.41. The molecule has 0 radical (unpaired) electrons. The Kier molecular flexibility index (Phi) is 2.55. The van der Waals surface area contributed by atoms with E-state index in [2.05, 4.69) is 20.5 Å². The highest BCUT2D eigenvalue weighted by molar-refractivity contribution is 7.13. The summed E-state index contributed by atoms with van der Waals surface area (Å²) in [5.41, 5.74) is 1.47. The number of nitrogens with zero attached hydrogens (tertiary/aromatic N) is 2. The van der Waals surface area contributed by atoms with Crippen LogP contribution in [0.5, 0.6) is 0 Å². The number of hydrogen-bond donors (Lipinski definition) is 2. The molecule has 1 amide bonds. The molecule has 0 aliphatic rings. The van der Waals surface area contributed by atoms with Crippen LogP contribution in [-0.4, -0.2) is 21.1 Å². The van der Waals surface area contributed by atoms with E-state index in [1.54, 1.807) is 0 Å². The van der Waals surface area contributed by atoms with Crippen molar-refractivity contribution in [2.75, 3.05) is 5.32 Å². The molecule has 0 aromatic carbocycles. The first-order chi connectivity index (χ1) is 7.25. The Bertz CT molecular complexity index is 519. The van der Waals surface area contributed by atoms with Crippen molar-refractivity contribution in [3.8, 4) is 0 Å². The quantitative estimate of drug-likeness (QED) is 0.773. The summed E-state index contributed by atoms with van der Waals surface area (Å²) in [7, 11) is 0. The number of aromatic nitrogens is 3.